The molecule has 0 fully saturated rings. The Bertz CT molecular complexity index is 404. The fraction of sp³-hybridized carbons (Fsp3) is 0.200. The van der Waals surface area contributed by atoms with E-state index in [0.717, 1.165) is 5.56 Å². The number of allylic oxidation sites excluding steroid dienone is 2. The van der Waals surface area contributed by atoms with Gasteiger partial charge in [0.2, 0.25) is 0 Å². The summed E-state index contributed by atoms with van der Waals surface area (Å²) in [5.74, 6) is 0. The summed E-state index contributed by atoms with van der Waals surface area (Å²) < 4.78 is 38.1. The Morgan fingerprint density at radius 2 is 1.93 bits per heavy atom. The lowest BCUT2D eigenvalue weighted by Gasteiger charge is -2.09. The smallest absolute Gasteiger partial charge is 0.166 e. The number of rotatable bonds is 0. The highest BCUT2D eigenvalue weighted by atomic mass is 79.9. The van der Waals surface area contributed by atoms with E-state index in [9.17, 15) is 13.2 Å². The van der Waals surface area contributed by atoms with Crippen molar-refractivity contribution in [3.05, 3.63) is 39.9 Å². The van der Waals surface area contributed by atoms with Crippen molar-refractivity contribution in [3.8, 4) is 0 Å². The lowest BCUT2D eigenvalue weighted by Crippen LogP contribution is -2.09. The lowest BCUT2D eigenvalue weighted by atomic mass is 10.1. The minimum absolute atomic E-state index is 0.298. The maximum atomic E-state index is 12.5. The first-order valence-corrected chi connectivity index (χ1v) is 4.84. The summed E-state index contributed by atoms with van der Waals surface area (Å²) in [6.45, 7) is 0. The molecule has 0 unspecified atom stereocenters. The third-order valence-electron chi connectivity index (χ3n) is 2.19. The molecule has 0 bridgehead atoms. The van der Waals surface area contributed by atoms with Gasteiger partial charge in [-0.05, 0) is 29.7 Å². The number of fused-ring (bicyclic) bond motifs is 1. The van der Waals surface area contributed by atoms with Crippen LogP contribution in [0.25, 0.3) is 5.57 Å². The monoisotopic (exact) mass is 262 g/mol. The van der Waals surface area contributed by atoms with Gasteiger partial charge in [0.15, 0.2) is 0 Å². The molecule has 14 heavy (non-hydrogen) atoms. The van der Waals surface area contributed by atoms with Gasteiger partial charge in [-0.15, -0.1) is 0 Å². The van der Waals surface area contributed by atoms with E-state index in [1.54, 1.807) is 12.1 Å². The van der Waals surface area contributed by atoms with Crippen LogP contribution in [0.5, 0.6) is 0 Å². The van der Waals surface area contributed by atoms with Crippen LogP contribution in [0.1, 0.15) is 11.1 Å². The average molecular weight is 263 g/mol. The summed E-state index contributed by atoms with van der Waals surface area (Å²) in [5.41, 5.74) is 0.515. The molecule has 1 aromatic rings. The summed E-state index contributed by atoms with van der Waals surface area (Å²) in [7, 11) is 0. The zero-order valence-electron chi connectivity index (χ0n) is 7.03. The first-order valence-electron chi connectivity index (χ1n) is 4.04. The molecular weight excluding hydrogens is 257 g/mol. The minimum Gasteiger partial charge on any atom is -0.166 e. The van der Waals surface area contributed by atoms with E-state index >= 15 is 0 Å². The van der Waals surface area contributed by atoms with E-state index in [-0.39, 0.29) is 0 Å². The molecule has 0 radical (unpaired) electrons. The van der Waals surface area contributed by atoms with Gasteiger partial charge in [-0.2, -0.15) is 13.2 Å². The van der Waals surface area contributed by atoms with Crippen LogP contribution in [0.2, 0.25) is 0 Å². The summed E-state index contributed by atoms with van der Waals surface area (Å²) in [6.07, 6.45) is -2.64. The molecule has 1 aromatic carbocycles. The molecular formula is C10H6BrF3. The second-order valence-corrected chi connectivity index (χ2v) is 4.04. The van der Waals surface area contributed by atoms with Crippen molar-refractivity contribution in [2.75, 3.05) is 0 Å². The number of alkyl halides is 3. The van der Waals surface area contributed by atoms with Crippen LogP contribution in [-0.4, -0.2) is 6.18 Å². The zero-order chi connectivity index (χ0) is 10.3. The summed E-state index contributed by atoms with van der Waals surface area (Å²) in [5, 5.41) is 0. The number of hydrogen-bond acceptors (Lipinski definition) is 0. The van der Waals surface area contributed by atoms with Gasteiger partial charge in [0, 0.05) is 4.47 Å². The van der Waals surface area contributed by atoms with E-state index in [4.69, 9.17) is 0 Å². The predicted molar refractivity (Wildman–Crippen MR) is 51.9 cm³/mol. The van der Waals surface area contributed by atoms with Crippen molar-refractivity contribution >= 4 is 21.5 Å². The van der Waals surface area contributed by atoms with Crippen molar-refractivity contribution in [2.45, 2.75) is 12.6 Å². The second-order valence-electron chi connectivity index (χ2n) is 3.12. The van der Waals surface area contributed by atoms with Crippen molar-refractivity contribution < 1.29 is 13.2 Å². The van der Waals surface area contributed by atoms with Gasteiger partial charge in [-0.3, -0.25) is 0 Å². The highest BCUT2D eigenvalue weighted by Gasteiger charge is 2.37. The minimum atomic E-state index is -4.24. The van der Waals surface area contributed by atoms with Crippen molar-refractivity contribution in [1.82, 2.24) is 0 Å². The van der Waals surface area contributed by atoms with E-state index in [1.807, 2.05) is 0 Å². The molecule has 0 nitrogen and oxygen atoms in total. The van der Waals surface area contributed by atoms with Gasteiger partial charge < -0.3 is 0 Å². The van der Waals surface area contributed by atoms with E-state index in [1.165, 1.54) is 12.1 Å². The number of hydrogen-bond donors (Lipinski definition) is 0. The molecule has 0 aliphatic heterocycles. The molecule has 0 aromatic heterocycles. The normalized spacial score (nSPS) is 15.3. The lowest BCUT2D eigenvalue weighted by molar-refractivity contribution is -0.0687. The third-order valence-corrected chi connectivity index (χ3v) is 2.69. The number of halogens is 4. The first-order chi connectivity index (χ1) is 6.48. The molecule has 0 heterocycles. The molecule has 1 aliphatic carbocycles. The Balaban J connectivity index is 2.51. The molecule has 74 valence electrons. The van der Waals surface area contributed by atoms with Gasteiger partial charge >= 0.3 is 6.18 Å². The fourth-order valence-electron chi connectivity index (χ4n) is 1.57. The van der Waals surface area contributed by atoms with Gasteiger partial charge in [0.1, 0.15) is 0 Å². The van der Waals surface area contributed by atoms with Gasteiger partial charge in [0.05, 0.1) is 5.57 Å². The van der Waals surface area contributed by atoms with Crippen LogP contribution in [-0.2, 0) is 6.42 Å². The van der Waals surface area contributed by atoms with Crippen molar-refractivity contribution in [2.24, 2.45) is 0 Å². The summed E-state index contributed by atoms with van der Waals surface area (Å²) >= 11 is 3.16. The standard InChI is InChI=1S/C10H6BrF3/c11-7-3-1-6-2-4-9(8(6)5-7)10(12,13)14/h1,3-5H,2H2. The van der Waals surface area contributed by atoms with Gasteiger partial charge in [-0.1, -0.05) is 28.1 Å². The third kappa shape index (κ3) is 1.59. The second kappa shape index (κ2) is 3.12. The topological polar surface area (TPSA) is 0 Å². The SMILES string of the molecule is FC(F)(F)C1=CCc2ccc(Br)cc21. The highest BCUT2D eigenvalue weighted by Crippen LogP contribution is 2.40. The van der Waals surface area contributed by atoms with E-state index < -0.39 is 11.7 Å². The predicted octanol–water partition coefficient (Wildman–Crippen LogP) is 3.95. The molecule has 1 aliphatic rings. The van der Waals surface area contributed by atoms with E-state index in [0.29, 0.717) is 16.5 Å². The maximum Gasteiger partial charge on any atom is 0.416 e. The highest BCUT2D eigenvalue weighted by molar-refractivity contribution is 9.10. The molecule has 0 spiro atoms. The van der Waals surface area contributed by atoms with Crippen molar-refractivity contribution in [1.29, 1.82) is 0 Å². The maximum absolute atomic E-state index is 12.5. The Morgan fingerprint density at radius 1 is 1.21 bits per heavy atom. The van der Waals surface area contributed by atoms with Crippen LogP contribution in [0.3, 0.4) is 0 Å². The summed E-state index contributed by atoms with van der Waals surface area (Å²) in [4.78, 5) is 0. The van der Waals surface area contributed by atoms with Crippen molar-refractivity contribution in [3.63, 3.8) is 0 Å². The van der Waals surface area contributed by atoms with E-state index in [2.05, 4.69) is 15.9 Å². The first kappa shape index (κ1) is 9.77. The van der Waals surface area contributed by atoms with Crippen LogP contribution in [0, 0.1) is 0 Å². The molecule has 4 heteroatoms. The average Bonchev–Trinajstić information content (AvgIpc) is 2.45. The Hall–Kier alpha value is -0.770. The molecule has 0 amide bonds. The Kier molecular flexibility index (Phi) is 2.18. The number of benzene rings is 1. The Labute approximate surface area is 87.6 Å². The quantitative estimate of drug-likeness (QED) is 0.664. The van der Waals surface area contributed by atoms with Gasteiger partial charge in [-0.25, -0.2) is 0 Å². The Morgan fingerprint density at radius 3 is 2.57 bits per heavy atom. The fourth-order valence-corrected chi connectivity index (χ4v) is 1.93. The molecule has 0 atom stereocenters. The van der Waals surface area contributed by atoms with Crippen LogP contribution < -0.4 is 0 Å². The van der Waals surface area contributed by atoms with Crippen LogP contribution in [0.4, 0.5) is 13.2 Å². The molecule has 0 saturated heterocycles. The molecule has 0 N–H and O–H groups in total. The molecule has 0 saturated carbocycles. The molecule has 2 rings (SSSR count). The van der Waals surface area contributed by atoms with Gasteiger partial charge in [0.25, 0.3) is 0 Å². The zero-order valence-corrected chi connectivity index (χ0v) is 8.61. The largest absolute Gasteiger partial charge is 0.416 e. The van der Waals surface area contributed by atoms with Crippen LogP contribution >= 0.6 is 15.9 Å². The summed E-state index contributed by atoms with van der Waals surface area (Å²) in [6, 6.07) is 4.99. The van der Waals surface area contributed by atoms with Crippen LogP contribution in [0.15, 0.2) is 28.7 Å².